The second-order valence-electron chi connectivity index (χ2n) is 2.33. The summed E-state index contributed by atoms with van der Waals surface area (Å²) >= 11 is 0. The van der Waals surface area contributed by atoms with Crippen LogP contribution < -0.4 is 4.90 Å². The summed E-state index contributed by atoms with van der Waals surface area (Å²) in [4.78, 5) is 11.9. The molecule has 12 heavy (non-hydrogen) atoms. The smallest absolute Gasteiger partial charge is 0.300 e. The Morgan fingerprint density at radius 3 is 2.58 bits per heavy atom. The van der Waals surface area contributed by atoms with Gasteiger partial charge >= 0.3 is 6.41 Å². The minimum atomic E-state index is 0.494. The molecule has 1 amide bonds. The lowest BCUT2D eigenvalue weighted by Crippen LogP contribution is -2.20. The van der Waals surface area contributed by atoms with Crippen molar-refractivity contribution in [2.75, 3.05) is 11.4 Å². The number of anilines is 1. The van der Waals surface area contributed by atoms with Gasteiger partial charge in [-0.15, -0.1) is 6.58 Å². The molecular formula is C10H10NO. The van der Waals surface area contributed by atoms with Crippen LogP contribution in [0.15, 0.2) is 43.0 Å². The summed E-state index contributed by atoms with van der Waals surface area (Å²) < 4.78 is 0. The molecule has 0 spiro atoms. The maximum atomic E-state index is 10.4. The van der Waals surface area contributed by atoms with Crippen LogP contribution in [0.4, 0.5) is 5.69 Å². The number of hydrogen-bond donors (Lipinski definition) is 0. The summed E-state index contributed by atoms with van der Waals surface area (Å²) in [6, 6.07) is 9.37. The standard InChI is InChI=1S/C10H10NO/c1-2-8-11(9-12)10-6-4-3-5-7-10/h2-7H,1,8H2. The molecule has 1 radical (unpaired) electrons. The average Bonchev–Trinajstić information content (AvgIpc) is 2.15. The van der Waals surface area contributed by atoms with E-state index in [9.17, 15) is 4.79 Å². The van der Waals surface area contributed by atoms with Gasteiger partial charge in [0.15, 0.2) is 0 Å². The van der Waals surface area contributed by atoms with Crippen LogP contribution in [0.1, 0.15) is 0 Å². The molecule has 0 saturated carbocycles. The minimum Gasteiger partial charge on any atom is -0.300 e. The Bertz CT molecular complexity index is 256. The molecule has 0 bridgehead atoms. The number of hydrogen-bond acceptors (Lipinski definition) is 1. The molecule has 0 saturated heterocycles. The van der Waals surface area contributed by atoms with Gasteiger partial charge in [0.05, 0.1) is 0 Å². The molecule has 0 unspecified atom stereocenters. The molecular weight excluding hydrogens is 150 g/mol. The average molecular weight is 160 g/mol. The molecule has 1 aromatic carbocycles. The Labute approximate surface area is 72.1 Å². The summed E-state index contributed by atoms with van der Waals surface area (Å²) in [7, 11) is 0. The third-order valence-electron chi connectivity index (χ3n) is 1.49. The van der Waals surface area contributed by atoms with E-state index in [2.05, 4.69) is 6.58 Å². The van der Waals surface area contributed by atoms with E-state index in [0.717, 1.165) is 5.69 Å². The van der Waals surface area contributed by atoms with E-state index in [4.69, 9.17) is 0 Å². The van der Waals surface area contributed by atoms with E-state index < -0.39 is 0 Å². The van der Waals surface area contributed by atoms with Crippen molar-refractivity contribution in [3.8, 4) is 0 Å². The van der Waals surface area contributed by atoms with E-state index in [1.54, 1.807) is 6.08 Å². The highest BCUT2D eigenvalue weighted by Crippen LogP contribution is 2.10. The van der Waals surface area contributed by atoms with Gasteiger partial charge in [0.25, 0.3) is 0 Å². The second kappa shape index (κ2) is 4.34. The monoisotopic (exact) mass is 160 g/mol. The fourth-order valence-electron chi connectivity index (χ4n) is 0.932. The highest BCUT2D eigenvalue weighted by Gasteiger charge is 2.01. The van der Waals surface area contributed by atoms with E-state index in [1.807, 2.05) is 36.7 Å². The summed E-state index contributed by atoms with van der Waals surface area (Å²) in [5.74, 6) is 0. The van der Waals surface area contributed by atoms with Crippen LogP contribution in [-0.2, 0) is 4.79 Å². The van der Waals surface area contributed by atoms with Crippen molar-refractivity contribution in [3.63, 3.8) is 0 Å². The summed E-state index contributed by atoms with van der Waals surface area (Å²) in [5, 5.41) is 0. The molecule has 0 aliphatic carbocycles. The normalized spacial score (nSPS) is 9.00. The van der Waals surface area contributed by atoms with Gasteiger partial charge in [0.1, 0.15) is 0 Å². The number of rotatable bonds is 4. The van der Waals surface area contributed by atoms with Gasteiger partial charge in [-0.3, -0.25) is 4.79 Å². The molecule has 1 rings (SSSR count). The summed E-state index contributed by atoms with van der Waals surface area (Å²) in [6.07, 6.45) is 3.50. The molecule has 0 aliphatic rings. The van der Waals surface area contributed by atoms with Gasteiger partial charge in [0.2, 0.25) is 0 Å². The van der Waals surface area contributed by atoms with Crippen molar-refractivity contribution in [2.45, 2.75) is 0 Å². The number of benzene rings is 1. The first-order valence-electron chi connectivity index (χ1n) is 3.69. The van der Waals surface area contributed by atoms with Crippen molar-refractivity contribution in [2.24, 2.45) is 0 Å². The molecule has 61 valence electrons. The SMILES string of the molecule is C=CCN([C]=O)c1ccccc1. The first kappa shape index (κ1) is 8.53. The summed E-state index contributed by atoms with van der Waals surface area (Å²) in [5.41, 5.74) is 0.840. The molecule has 0 N–H and O–H groups in total. The quantitative estimate of drug-likeness (QED) is 0.485. The van der Waals surface area contributed by atoms with Gasteiger partial charge in [-0.05, 0) is 12.1 Å². The predicted octanol–water partition coefficient (Wildman–Crippen LogP) is 1.75. The second-order valence-corrected chi connectivity index (χ2v) is 2.33. The molecule has 0 aromatic heterocycles. The van der Waals surface area contributed by atoms with E-state index >= 15 is 0 Å². The van der Waals surface area contributed by atoms with Gasteiger partial charge in [-0.1, -0.05) is 24.3 Å². The van der Waals surface area contributed by atoms with Crippen LogP contribution in [0.5, 0.6) is 0 Å². The lowest BCUT2D eigenvalue weighted by molar-refractivity contribution is 0.553. The third-order valence-corrected chi connectivity index (χ3v) is 1.49. The zero-order valence-electron chi connectivity index (χ0n) is 6.73. The molecule has 0 heterocycles. The van der Waals surface area contributed by atoms with Gasteiger partial charge in [-0.2, -0.15) is 0 Å². The number of nitrogens with zero attached hydrogens (tertiary/aromatic N) is 1. The minimum absolute atomic E-state index is 0.494. The van der Waals surface area contributed by atoms with E-state index in [0.29, 0.717) is 6.54 Å². The number of amides is 1. The van der Waals surface area contributed by atoms with Crippen molar-refractivity contribution in [1.82, 2.24) is 0 Å². The Morgan fingerprint density at radius 2 is 2.08 bits per heavy atom. The lowest BCUT2D eigenvalue weighted by Gasteiger charge is -2.12. The molecule has 0 atom stereocenters. The maximum absolute atomic E-state index is 10.4. The van der Waals surface area contributed by atoms with Crippen molar-refractivity contribution in [1.29, 1.82) is 0 Å². The molecule has 0 aliphatic heterocycles. The number of carbonyl (C=O) groups excluding carboxylic acids is 1. The van der Waals surface area contributed by atoms with Crippen molar-refractivity contribution >= 4 is 12.1 Å². The fraction of sp³-hybridized carbons (Fsp3) is 0.100. The van der Waals surface area contributed by atoms with Crippen LogP contribution >= 0.6 is 0 Å². The van der Waals surface area contributed by atoms with Crippen LogP contribution in [0, 0.1) is 0 Å². The highest BCUT2D eigenvalue weighted by atomic mass is 16.1. The maximum Gasteiger partial charge on any atom is 0.317 e. The Balaban J connectivity index is 2.79. The largest absolute Gasteiger partial charge is 0.317 e. The third kappa shape index (κ3) is 1.95. The topological polar surface area (TPSA) is 20.3 Å². The van der Waals surface area contributed by atoms with E-state index in [1.165, 1.54) is 4.90 Å². The predicted molar refractivity (Wildman–Crippen MR) is 49.7 cm³/mol. The summed E-state index contributed by atoms with van der Waals surface area (Å²) in [6.45, 7) is 4.05. The van der Waals surface area contributed by atoms with Crippen molar-refractivity contribution in [3.05, 3.63) is 43.0 Å². The van der Waals surface area contributed by atoms with Crippen LogP contribution in [0.25, 0.3) is 0 Å². The van der Waals surface area contributed by atoms with Crippen molar-refractivity contribution < 1.29 is 4.79 Å². The highest BCUT2D eigenvalue weighted by molar-refractivity contribution is 5.75. The Hall–Kier alpha value is -1.57. The van der Waals surface area contributed by atoms with Crippen LogP contribution in [0.3, 0.4) is 0 Å². The molecule has 2 nitrogen and oxygen atoms in total. The molecule has 0 fully saturated rings. The van der Waals surface area contributed by atoms with E-state index in [-0.39, 0.29) is 0 Å². The fourth-order valence-corrected chi connectivity index (χ4v) is 0.932. The van der Waals surface area contributed by atoms with Gasteiger partial charge in [0, 0.05) is 12.2 Å². The van der Waals surface area contributed by atoms with Crippen LogP contribution in [-0.4, -0.2) is 13.0 Å². The van der Waals surface area contributed by atoms with Gasteiger partial charge in [-0.25, -0.2) is 0 Å². The Morgan fingerprint density at radius 1 is 1.42 bits per heavy atom. The zero-order chi connectivity index (χ0) is 8.81. The lowest BCUT2D eigenvalue weighted by atomic mass is 10.3. The Kier molecular flexibility index (Phi) is 3.08. The zero-order valence-corrected chi connectivity index (χ0v) is 6.73. The first-order chi connectivity index (χ1) is 5.88. The number of para-hydroxylation sites is 1. The first-order valence-corrected chi connectivity index (χ1v) is 3.69. The van der Waals surface area contributed by atoms with Gasteiger partial charge < -0.3 is 4.90 Å². The molecule has 1 aromatic rings. The molecule has 2 heteroatoms. The van der Waals surface area contributed by atoms with Crippen LogP contribution in [0.2, 0.25) is 0 Å².